The summed E-state index contributed by atoms with van der Waals surface area (Å²) in [7, 11) is 0. The van der Waals surface area contributed by atoms with Crippen molar-refractivity contribution in [3.8, 4) is 0 Å². The van der Waals surface area contributed by atoms with E-state index in [1.54, 1.807) is 6.20 Å². The first-order valence-corrected chi connectivity index (χ1v) is 7.54. The highest BCUT2D eigenvalue weighted by atomic mass is 79.9. The Balaban J connectivity index is 1.80. The molecule has 4 nitrogen and oxygen atoms in total. The third-order valence-electron chi connectivity index (χ3n) is 3.91. The number of hydrogen-bond donors (Lipinski definition) is 2. The van der Waals surface area contributed by atoms with Gasteiger partial charge in [-0.25, -0.2) is 0 Å². The van der Waals surface area contributed by atoms with Gasteiger partial charge in [0, 0.05) is 27.0 Å². The van der Waals surface area contributed by atoms with Crippen LogP contribution in [-0.4, -0.2) is 16.1 Å². The van der Waals surface area contributed by atoms with Gasteiger partial charge < -0.3 is 5.32 Å². The molecule has 0 spiro atoms. The summed E-state index contributed by atoms with van der Waals surface area (Å²) in [6.07, 6.45) is 10.7. The molecule has 4 rings (SSSR count). The van der Waals surface area contributed by atoms with E-state index in [2.05, 4.69) is 37.5 Å². The van der Waals surface area contributed by atoms with Crippen LogP contribution in [-0.2, 0) is 4.79 Å². The van der Waals surface area contributed by atoms with Gasteiger partial charge in [0.05, 0.1) is 11.7 Å². The van der Waals surface area contributed by atoms with E-state index >= 15 is 0 Å². The topological polar surface area (TPSA) is 57.8 Å². The minimum atomic E-state index is -0.00391. The molecule has 0 radical (unpaired) electrons. The van der Waals surface area contributed by atoms with Crippen molar-refractivity contribution in [2.75, 3.05) is 0 Å². The van der Waals surface area contributed by atoms with Gasteiger partial charge >= 0.3 is 0 Å². The zero-order chi connectivity index (χ0) is 14.4. The summed E-state index contributed by atoms with van der Waals surface area (Å²) in [6.45, 7) is 0. The second-order valence-corrected chi connectivity index (χ2v) is 6.08. The molecule has 5 heteroatoms. The molecule has 1 aliphatic carbocycles. The van der Waals surface area contributed by atoms with Crippen LogP contribution in [0.3, 0.4) is 0 Å². The maximum atomic E-state index is 12.2. The summed E-state index contributed by atoms with van der Waals surface area (Å²) in [5.41, 5.74) is 3.75. The van der Waals surface area contributed by atoms with Crippen molar-refractivity contribution in [2.45, 2.75) is 6.42 Å². The lowest BCUT2D eigenvalue weighted by Gasteiger charge is -2.12. The molecule has 1 aromatic heterocycles. The van der Waals surface area contributed by atoms with Gasteiger partial charge in [0.1, 0.15) is 0 Å². The summed E-state index contributed by atoms with van der Waals surface area (Å²) in [6, 6.07) is 4.02. The number of fused-ring (bicyclic) bond motifs is 2. The Morgan fingerprint density at radius 1 is 1.38 bits per heavy atom. The molecule has 2 aromatic rings. The first kappa shape index (κ1) is 12.6. The van der Waals surface area contributed by atoms with Gasteiger partial charge in [-0.2, -0.15) is 5.10 Å². The first-order chi connectivity index (χ1) is 10.2. The van der Waals surface area contributed by atoms with Crippen molar-refractivity contribution in [1.29, 1.82) is 0 Å². The zero-order valence-electron chi connectivity index (χ0n) is 11.1. The Morgan fingerprint density at radius 3 is 3.19 bits per heavy atom. The van der Waals surface area contributed by atoms with E-state index in [-0.39, 0.29) is 11.8 Å². The molecule has 2 N–H and O–H groups in total. The molecule has 2 aliphatic rings. The molecule has 104 valence electrons. The van der Waals surface area contributed by atoms with Crippen LogP contribution in [0.15, 0.2) is 52.3 Å². The lowest BCUT2D eigenvalue weighted by Crippen LogP contribution is -2.13. The largest absolute Gasteiger partial charge is 0.325 e. The molecule has 1 saturated heterocycles. The second-order valence-electron chi connectivity index (χ2n) is 5.23. The number of nitrogens with one attached hydrogen (secondary N) is 2. The summed E-state index contributed by atoms with van der Waals surface area (Å²) in [5, 5.41) is 11.0. The van der Waals surface area contributed by atoms with Crippen LogP contribution >= 0.6 is 15.9 Å². The third-order valence-corrected chi connectivity index (χ3v) is 4.56. The van der Waals surface area contributed by atoms with Gasteiger partial charge in [-0.15, -0.1) is 0 Å². The maximum absolute atomic E-state index is 12.2. The van der Waals surface area contributed by atoms with Crippen molar-refractivity contribution < 1.29 is 4.79 Å². The van der Waals surface area contributed by atoms with Crippen LogP contribution in [0.2, 0.25) is 0 Å². The molecule has 1 atom stereocenters. The number of benzene rings is 1. The van der Waals surface area contributed by atoms with Gasteiger partial charge in [-0.05, 0) is 36.3 Å². The quantitative estimate of drug-likeness (QED) is 0.782. The van der Waals surface area contributed by atoms with Crippen molar-refractivity contribution >= 4 is 38.8 Å². The minimum absolute atomic E-state index is 0.00391. The van der Waals surface area contributed by atoms with Crippen LogP contribution in [0, 0.1) is 5.92 Å². The summed E-state index contributed by atoms with van der Waals surface area (Å²) < 4.78 is 0.971. The SMILES string of the molecule is O=C1NC2=CC=CCC2/C1=C\c1cc(Br)c2cn[nH]c2c1. The monoisotopic (exact) mass is 341 g/mol. The predicted molar refractivity (Wildman–Crippen MR) is 85.2 cm³/mol. The molecule has 2 heterocycles. The summed E-state index contributed by atoms with van der Waals surface area (Å²) >= 11 is 3.55. The maximum Gasteiger partial charge on any atom is 0.252 e. The number of hydrogen-bond acceptors (Lipinski definition) is 2. The lowest BCUT2D eigenvalue weighted by molar-refractivity contribution is -0.115. The van der Waals surface area contributed by atoms with Crippen molar-refractivity contribution in [1.82, 2.24) is 15.5 Å². The number of rotatable bonds is 1. The van der Waals surface area contributed by atoms with Crippen molar-refractivity contribution in [3.63, 3.8) is 0 Å². The third kappa shape index (κ3) is 2.05. The molecule has 1 aliphatic heterocycles. The number of allylic oxidation sites excluding steroid dienone is 4. The standard InChI is InChI=1S/C16H12BrN3O/c17-13-6-9(7-15-12(13)8-18-20-15)5-11-10-3-1-2-4-14(10)19-16(11)21/h1-2,4-8,10H,3H2,(H,18,20)(H,19,21)/b11-5+. The van der Waals surface area contributed by atoms with E-state index in [4.69, 9.17) is 0 Å². The summed E-state index contributed by atoms with van der Waals surface area (Å²) in [5.74, 6) is 0.148. The number of halogens is 1. The molecule has 1 amide bonds. The number of aromatic nitrogens is 2. The molecular formula is C16H12BrN3O. The molecule has 1 unspecified atom stereocenters. The number of H-pyrrole nitrogens is 1. The zero-order valence-corrected chi connectivity index (χ0v) is 12.6. The predicted octanol–water partition coefficient (Wildman–Crippen LogP) is 3.30. The Kier molecular flexibility index (Phi) is 2.82. The highest BCUT2D eigenvalue weighted by Crippen LogP contribution is 2.34. The number of carbonyl (C=O) groups excluding carboxylic acids is 1. The normalized spacial score (nSPS) is 22.5. The lowest BCUT2D eigenvalue weighted by atomic mass is 9.91. The van der Waals surface area contributed by atoms with Crippen LogP contribution in [0.5, 0.6) is 0 Å². The first-order valence-electron chi connectivity index (χ1n) is 6.74. The fraction of sp³-hybridized carbons (Fsp3) is 0.125. The number of amides is 1. The Morgan fingerprint density at radius 2 is 2.29 bits per heavy atom. The molecule has 1 aromatic carbocycles. The minimum Gasteiger partial charge on any atom is -0.325 e. The highest BCUT2D eigenvalue weighted by molar-refractivity contribution is 9.10. The van der Waals surface area contributed by atoms with Crippen molar-refractivity contribution in [2.24, 2.45) is 5.92 Å². The van der Waals surface area contributed by atoms with Gasteiger partial charge in [0.2, 0.25) is 0 Å². The number of nitrogens with zero attached hydrogens (tertiary/aromatic N) is 1. The van der Waals surface area contributed by atoms with E-state index in [0.29, 0.717) is 0 Å². The Hall–Kier alpha value is -2.14. The Labute approximate surface area is 129 Å². The highest BCUT2D eigenvalue weighted by Gasteiger charge is 2.32. The molecule has 0 saturated carbocycles. The number of carbonyl (C=O) groups is 1. The van der Waals surface area contributed by atoms with E-state index in [1.165, 1.54) is 0 Å². The Bertz CT molecular complexity index is 844. The van der Waals surface area contributed by atoms with Crippen molar-refractivity contribution in [3.05, 3.63) is 57.9 Å². The van der Waals surface area contributed by atoms with Gasteiger partial charge in [0.15, 0.2) is 0 Å². The average Bonchev–Trinajstić information content (AvgIpc) is 3.05. The molecule has 21 heavy (non-hydrogen) atoms. The van der Waals surface area contributed by atoms with Crippen LogP contribution in [0.4, 0.5) is 0 Å². The fourth-order valence-corrected chi connectivity index (χ4v) is 3.45. The summed E-state index contributed by atoms with van der Waals surface area (Å²) in [4.78, 5) is 12.2. The van der Waals surface area contributed by atoms with Crippen LogP contribution in [0.1, 0.15) is 12.0 Å². The van der Waals surface area contributed by atoms with Gasteiger partial charge in [-0.3, -0.25) is 9.89 Å². The van der Waals surface area contributed by atoms with E-state index in [9.17, 15) is 4.79 Å². The van der Waals surface area contributed by atoms with Crippen LogP contribution in [0.25, 0.3) is 17.0 Å². The van der Waals surface area contributed by atoms with Crippen LogP contribution < -0.4 is 5.32 Å². The van der Waals surface area contributed by atoms with Gasteiger partial charge in [0.25, 0.3) is 5.91 Å². The average molecular weight is 342 g/mol. The smallest absolute Gasteiger partial charge is 0.252 e. The fourth-order valence-electron chi connectivity index (χ4n) is 2.87. The number of aromatic amines is 1. The molecular weight excluding hydrogens is 330 g/mol. The van der Waals surface area contributed by atoms with E-state index in [0.717, 1.165) is 38.6 Å². The van der Waals surface area contributed by atoms with E-state index in [1.807, 2.05) is 30.4 Å². The van der Waals surface area contributed by atoms with E-state index < -0.39 is 0 Å². The van der Waals surface area contributed by atoms with Gasteiger partial charge in [-0.1, -0.05) is 28.1 Å². The molecule has 1 fully saturated rings. The second kappa shape index (κ2) is 4.70. The molecule has 0 bridgehead atoms.